The van der Waals surface area contributed by atoms with Crippen molar-refractivity contribution >= 4 is 23.7 Å². The van der Waals surface area contributed by atoms with Gasteiger partial charge in [-0.3, -0.25) is 4.72 Å². The molecule has 3 aromatic rings. The first kappa shape index (κ1) is 18.9. The van der Waals surface area contributed by atoms with Gasteiger partial charge in [0.25, 0.3) is 0 Å². The van der Waals surface area contributed by atoms with Gasteiger partial charge in [0.2, 0.25) is 0 Å². The van der Waals surface area contributed by atoms with Gasteiger partial charge in [-0.15, -0.1) is 0 Å². The standard InChI is InChI=1S/C20H16F3NS2/c1-24-26-17-10-6-14(7-11-17)18-4-2-3-5-19(18)25-16-12-8-15(9-13-16)20(21,22)23/h2-13,24H,1H3. The molecule has 1 N–H and O–H groups in total. The normalized spacial score (nSPS) is 11.5. The van der Waals surface area contributed by atoms with Crippen LogP contribution < -0.4 is 4.72 Å². The Morgan fingerprint density at radius 3 is 2.00 bits per heavy atom. The maximum atomic E-state index is 12.7. The Balaban J connectivity index is 1.85. The summed E-state index contributed by atoms with van der Waals surface area (Å²) in [5.41, 5.74) is 1.49. The smallest absolute Gasteiger partial charge is 0.263 e. The van der Waals surface area contributed by atoms with Crippen molar-refractivity contribution in [2.75, 3.05) is 7.05 Å². The van der Waals surface area contributed by atoms with E-state index in [1.165, 1.54) is 23.9 Å². The molecule has 0 saturated carbocycles. The highest BCUT2D eigenvalue weighted by molar-refractivity contribution is 7.99. The van der Waals surface area contributed by atoms with E-state index in [9.17, 15) is 13.2 Å². The molecule has 0 saturated heterocycles. The Hall–Kier alpha value is -1.89. The molecule has 0 aliphatic heterocycles. The minimum atomic E-state index is -4.31. The van der Waals surface area contributed by atoms with Crippen LogP contribution in [-0.2, 0) is 6.18 Å². The molecule has 134 valence electrons. The number of rotatable bonds is 5. The number of benzene rings is 3. The van der Waals surface area contributed by atoms with Gasteiger partial charge in [0, 0.05) is 14.7 Å². The Morgan fingerprint density at radius 2 is 1.38 bits per heavy atom. The summed E-state index contributed by atoms with van der Waals surface area (Å²) in [6, 6.07) is 21.3. The first-order valence-electron chi connectivity index (χ1n) is 7.85. The molecule has 0 heterocycles. The van der Waals surface area contributed by atoms with Gasteiger partial charge < -0.3 is 0 Å². The first-order valence-corrected chi connectivity index (χ1v) is 9.49. The van der Waals surface area contributed by atoms with Crippen LogP contribution in [0, 0.1) is 0 Å². The highest BCUT2D eigenvalue weighted by atomic mass is 32.2. The summed E-state index contributed by atoms with van der Waals surface area (Å²) in [7, 11) is 1.87. The second kappa shape index (κ2) is 8.20. The van der Waals surface area contributed by atoms with E-state index in [1.807, 2.05) is 55.6 Å². The van der Waals surface area contributed by atoms with Gasteiger partial charge >= 0.3 is 6.18 Å². The fourth-order valence-corrected chi connectivity index (χ4v) is 3.93. The molecule has 1 nitrogen and oxygen atoms in total. The summed E-state index contributed by atoms with van der Waals surface area (Å²) in [6.07, 6.45) is -4.31. The minimum absolute atomic E-state index is 0.632. The summed E-state index contributed by atoms with van der Waals surface area (Å²) in [5.74, 6) is 0. The predicted octanol–water partition coefficient (Wildman–Crippen LogP) is 6.75. The molecule has 0 spiro atoms. The molecular weight excluding hydrogens is 375 g/mol. The van der Waals surface area contributed by atoms with Crippen molar-refractivity contribution in [3.63, 3.8) is 0 Å². The molecule has 0 fully saturated rings. The monoisotopic (exact) mass is 391 g/mol. The summed E-state index contributed by atoms with van der Waals surface area (Å²) < 4.78 is 41.2. The van der Waals surface area contributed by atoms with E-state index >= 15 is 0 Å². The van der Waals surface area contributed by atoms with Crippen molar-refractivity contribution in [1.82, 2.24) is 4.72 Å². The maximum absolute atomic E-state index is 12.7. The van der Waals surface area contributed by atoms with Crippen LogP contribution in [0.3, 0.4) is 0 Å². The number of halogens is 3. The molecule has 0 aliphatic carbocycles. The third kappa shape index (κ3) is 4.63. The summed E-state index contributed by atoms with van der Waals surface area (Å²) in [4.78, 5) is 2.89. The van der Waals surface area contributed by atoms with Crippen LogP contribution in [-0.4, -0.2) is 7.05 Å². The van der Waals surface area contributed by atoms with Crippen molar-refractivity contribution in [3.8, 4) is 11.1 Å². The largest absolute Gasteiger partial charge is 0.416 e. The van der Waals surface area contributed by atoms with Crippen molar-refractivity contribution < 1.29 is 13.2 Å². The minimum Gasteiger partial charge on any atom is -0.263 e. The van der Waals surface area contributed by atoms with Gasteiger partial charge in [-0.05, 0) is 72.6 Å². The van der Waals surface area contributed by atoms with Gasteiger partial charge in [-0.2, -0.15) is 13.2 Å². The molecule has 3 rings (SSSR count). The topological polar surface area (TPSA) is 12.0 Å². The Morgan fingerprint density at radius 1 is 0.769 bits per heavy atom. The lowest BCUT2D eigenvalue weighted by Crippen LogP contribution is -2.03. The van der Waals surface area contributed by atoms with E-state index in [2.05, 4.69) is 4.72 Å². The second-order valence-corrected chi connectivity index (χ2v) is 7.65. The predicted molar refractivity (Wildman–Crippen MR) is 102 cm³/mol. The number of nitrogens with one attached hydrogen (secondary N) is 1. The molecule has 0 aliphatic rings. The fraction of sp³-hybridized carbons (Fsp3) is 0.100. The third-order valence-corrected chi connectivity index (χ3v) is 5.48. The van der Waals surface area contributed by atoms with Crippen molar-refractivity contribution in [3.05, 3.63) is 78.4 Å². The van der Waals surface area contributed by atoms with E-state index in [4.69, 9.17) is 0 Å². The van der Waals surface area contributed by atoms with E-state index in [-0.39, 0.29) is 0 Å². The van der Waals surface area contributed by atoms with Gasteiger partial charge in [-0.25, -0.2) is 0 Å². The van der Waals surface area contributed by atoms with Crippen molar-refractivity contribution in [2.45, 2.75) is 20.9 Å². The third-order valence-electron chi connectivity index (χ3n) is 3.68. The number of hydrogen-bond acceptors (Lipinski definition) is 3. The molecule has 0 bridgehead atoms. The van der Waals surface area contributed by atoms with Crippen molar-refractivity contribution in [2.24, 2.45) is 0 Å². The van der Waals surface area contributed by atoms with Crippen LogP contribution in [0.5, 0.6) is 0 Å². The van der Waals surface area contributed by atoms with Crippen molar-refractivity contribution in [1.29, 1.82) is 0 Å². The van der Waals surface area contributed by atoms with Crippen LogP contribution in [0.4, 0.5) is 13.2 Å². The second-order valence-electron chi connectivity index (χ2n) is 5.45. The van der Waals surface area contributed by atoms with Crippen LogP contribution in [0.25, 0.3) is 11.1 Å². The van der Waals surface area contributed by atoms with Gasteiger partial charge in [-0.1, -0.05) is 42.1 Å². The first-order chi connectivity index (χ1) is 12.5. The fourth-order valence-electron chi connectivity index (χ4n) is 2.45. The zero-order valence-corrected chi connectivity index (χ0v) is 15.5. The average molecular weight is 391 g/mol. The number of hydrogen-bond donors (Lipinski definition) is 1. The van der Waals surface area contributed by atoms with Crippen LogP contribution in [0.15, 0.2) is 87.5 Å². The highest BCUT2D eigenvalue weighted by Crippen LogP contribution is 2.37. The molecule has 0 unspecified atom stereocenters. The summed E-state index contributed by atoms with van der Waals surface area (Å²) in [5, 5.41) is 0. The Bertz CT molecular complexity index is 859. The summed E-state index contributed by atoms with van der Waals surface area (Å²) >= 11 is 3.00. The van der Waals surface area contributed by atoms with E-state index in [0.29, 0.717) is 0 Å². The zero-order chi connectivity index (χ0) is 18.6. The SMILES string of the molecule is CNSc1ccc(-c2ccccc2Sc2ccc(C(F)(F)F)cc2)cc1. The van der Waals surface area contributed by atoms with Gasteiger partial charge in [0.05, 0.1) is 5.56 Å². The zero-order valence-electron chi connectivity index (χ0n) is 13.9. The average Bonchev–Trinajstić information content (AvgIpc) is 2.63. The quantitative estimate of drug-likeness (QED) is 0.483. The van der Waals surface area contributed by atoms with E-state index in [1.54, 1.807) is 11.9 Å². The molecule has 26 heavy (non-hydrogen) atoms. The van der Waals surface area contributed by atoms with Gasteiger partial charge in [0.15, 0.2) is 0 Å². The molecule has 3 aromatic carbocycles. The summed E-state index contributed by atoms with van der Waals surface area (Å²) in [6.45, 7) is 0. The lowest BCUT2D eigenvalue weighted by molar-refractivity contribution is -0.137. The Kier molecular flexibility index (Phi) is 5.96. The van der Waals surface area contributed by atoms with Crippen LogP contribution >= 0.6 is 23.7 Å². The Labute approximate surface area is 159 Å². The highest BCUT2D eigenvalue weighted by Gasteiger charge is 2.29. The molecule has 0 amide bonds. The molecule has 0 atom stereocenters. The number of alkyl halides is 3. The van der Waals surface area contributed by atoms with E-state index < -0.39 is 11.7 Å². The lowest BCUT2D eigenvalue weighted by Gasteiger charge is -2.11. The molecule has 6 heteroatoms. The van der Waals surface area contributed by atoms with Gasteiger partial charge in [0.1, 0.15) is 0 Å². The molecule has 0 radical (unpaired) electrons. The lowest BCUT2D eigenvalue weighted by atomic mass is 10.1. The maximum Gasteiger partial charge on any atom is 0.416 e. The van der Waals surface area contributed by atoms with E-state index in [0.717, 1.165) is 37.9 Å². The molecule has 0 aromatic heterocycles. The van der Waals surface area contributed by atoms with Crippen LogP contribution in [0.1, 0.15) is 5.56 Å². The van der Waals surface area contributed by atoms with Crippen LogP contribution in [0.2, 0.25) is 0 Å². The molecular formula is C20H16F3NS2.